The number of carbonyl (C=O) groups excluding carboxylic acids is 1. The second kappa shape index (κ2) is 7.10. The first-order valence-electron chi connectivity index (χ1n) is 4.67. The molecule has 0 atom stereocenters. The van der Waals surface area contributed by atoms with Crippen molar-refractivity contribution >= 4 is 5.91 Å². The van der Waals surface area contributed by atoms with E-state index in [2.05, 4.69) is 17.6 Å². The Labute approximate surface area is 74.9 Å². The van der Waals surface area contributed by atoms with Crippen molar-refractivity contribution < 1.29 is 4.79 Å². The summed E-state index contributed by atoms with van der Waals surface area (Å²) in [5.74, 6) is 0.133. The van der Waals surface area contributed by atoms with Gasteiger partial charge in [0.05, 0.1) is 0 Å². The molecule has 0 aliphatic rings. The van der Waals surface area contributed by atoms with E-state index >= 15 is 0 Å². The highest BCUT2D eigenvalue weighted by atomic mass is 16.1. The predicted octanol–water partition coefficient (Wildman–Crippen LogP) is 0.901. The van der Waals surface area contributed by atoms with Gasteiger partial charge < -0.3 is 10.6 Å². The number of nitrogens with one attached hydrogen (secondary N) is 2. The number of hydrogen-bond acceptors (Lipinski definition) is 2. The lowest BCUT2D eigenvalue weighted by Gasteiger charge is -2.08. The molecule has 0 bridgehead atoms. The van der Waals surface area contributed by atoms with Crippen molar-refractivity contribution in [2.24, 2.45) is 0 Å². The van der Waals surface area contributed by atoms with E-state index in [4.69, 9.17) is 0 Å². The second-order valence-electron chi connectivity index (χ2n) is 3.22. The van der Waals surface area contributed by atoms with Crippen LogP contribution in [-0.2, 0) is 4.79 Å². The topological polar surface area (TPSA) is 41.1 Å². The highest BCUT2D eigenvalue weighted by Gasteiger charge is 2.00. The minimum atomic E-state index is 0.133. The van der Waals surface area contributed by atoms with Gasteiger partial charge in [0.15, 0.2) is 0 Å². The molecule has 0 fully saturated rings. The van der Waals surface area contributed by atoms with Crippen LogP contribution in [0.3, 0.4) is 0 Å². The van der Waals surface area contributed by atoms with Crippen molar-refractivity contribution in [1.82, 2.24) is 10.6 Å². The lowest BCUT2D eigenvalue weighted by molar-refractivity contribution is -0.121. The number of rotatable bonds is 6. The molecule has 3 nitrogen and oxygen atoms in total. The minimum Gasteiger partial charge on any atom is -0.354 e. The van der Waals surface area contributed by atoms with E-state index in [1.165, 1.54) is 0 Å². The zero-order valence-corrected chi connectivity index (χ0v) is 8.31. The summed E-state index contributed by atoms with van der Waals surface area (Å²) in [5, 5.41) is 6.02. The van der Waals surface area contributed by atoms with Gasteiger partial charge in [0.2, 0.25) is 5.91 Å². The average molecular weight is 172 g/mol. The van der Waals surface area contributed by atoms with Crippen LogP contribution in [0.1, 0.15) is 33.6 Å². The fourth-order valence-electron chi connectivity index (χ4n) is 0.898. The van der Waals surface area contributed by atoms with Crippen LogP contribution in [0, 0.1) is 0 Å². The summed E-state index contributed by atoms with van der Waals surface area (Å²) >= 11 is 0. The molecule has 0 saturated heterocycles. The van der Waals surface area contributed by atoms with E-state index in [1.54, 1.807) is 0 Å². The van der Waals surface area contributed by atoms with E-state index < -0.39 is 0 Å². The van der Waals surface area contributed by atoms with Gasteiger partial charge in [-0.2, -0.15) is 0 Å². The first-order chi connectivity index (χ1) is 5.66. The monoisotopic (exact) mass is 172 g/mol. The summed E-state index contributed by atoms with van der Waals surface area (Å²) in [6.07, 6.45) is 1.70. The van der Waals surface area contributed by atoms with Gasteiger partial charge in [-0.1, -0.05) is 6.92 Å². The molecule has 0 rings (SSSR count). The summed E-state index contributed by atoms with van der Waals surface area (Å²) in [5.41, 5.74) is 0. The predicted molar refractivity (Wildman–Crippen MR) is 51.1 cm³/mol. The van der Waals surface area contributed by atoms with Gasteiger partial charge in [-0.25, -0.2) is 0 Å². The lowest BCUT2D eigenvalue weighted by atomic mass is 10.3. The molecule has 3 heteroatoms. The summed E-state index contributed by atoms with van der Waals surface area (Å²) < 4.78 is 0. The molecule has 0 aromatic rings. The van der Waals surface area contributed by atoms with E-state index in [-0.39, 0.29) is 11.9 Å². The smallest absolute Gasteiger partial charge is 0.221 e. The molecule has 1 amide bonds. The third kappa shape index (κ3) is 7.54. The van der Waals surface area contributed by atoms with Gasteiger partial charge in [-0.05, 0) is 26.8 Å². The number of hydrogen-bond donors (Lipinski definition) is 2. The maximum Gasteiger partial charge on any atom is 0.221 e. The lowest BCUT2D eigenvalue weighted by Crippen LogP contribution is -2.32. The third-order valence-corrected chi connectivity index (χ3v) is 1.41. The van der Waals surface area contributed by atoms with Crippen molar-refractivity contribution in [2.45, 2.75) is 39.7 Å². The number of carbonyl (C=O) groups is 1. The van der Waals surface area contributed by atoms with Crippen LogP contribution < -0.4 is 10.6 Å². The normalized spacial score (nSPS) is 10.3. The third-order valence-electron chi connectivity index (χ3n) is 1.41. The fraction of sp³-hybridized carbons (Fsp3) is 0.889. The zero-order valence-electron chi connectivity index (χ0n) is 8.31. The van der Waals surface area contributed by atoms with Crippen LogP contribution in [0.5, 0.6) is 0 Å². The number of amides is 1. The quantitative estimate of drug-likeness (QED) is 0.584. The summed E-state index contributed by atoms with van der Waals surface area (Å²) in [4.78, 5) is 11.1. The van der Waals surface area contributed by atoms with Gasteiger partial charge in [0.1, 0.15) is 0 Å². The van der Waals surface area contributed by atoms with Gasteiger partial charge in [-0.3, -0.25) is 4.79 Å². The van der Waals surface area contributed by atoms with Crippen LogP contribution in [0.4, 0.5) is 0 Å². The van der Waals surface area contributed by atoms with Crippen LogP contribution in [-0.4, -0.2) is 25.0 Å². The zero-order chi connectivity index (χ0) is 9.40. The summed E-state index contributed by atoms with van der Waals surface area (Å²) in [6, 6.07) is 0.253. The van der Waals surface area contributed by atoms with Gasteiger partial charge in [0, 0.05) is 19.0 Å². The standard InChI is InChI=1S/C9H20N2O/c1-4-6-10-7-5-9(12)11-8(2)3/h8,10H,4-7H2,1-3H3,(H,11,12). The molecule has 0 aliphatic carbocycles. The van der Waals surface area contributed by atoms with Crippen LogP contribution in [0.2, 0.25) is 0 Å². The van der Waals surface area contributed by atoms with Gasteiger partial charge >= 0.3 is 0 Å². The van der Waals surface area contributed by atoms with Crippen molar-refractivity contribution in [3.8, 4) is 0 Å². The molecule has 12 heavy (non-hydrogen) atoms. The molecule has 0 unspecified atom stereocenters. The largest absolute Gasteiger partial charge is 0.354 e. The molecule has 0 aliphatic heterocycles. The SMILES string of the molecule is CCCNCCC(=O)NC(C)C. The summed E-state index contributed by atoms with van der Waals surface area (Å²) in [6.45, 7) is 7.83. The first kappa shape index (κ1) is 11.4. The van der Waals surface area contributed by atoms with Crippen LogP contribution in [0.15, 0.2) is 0 Å². The average Bonchev–Trinajstić information content (AvgIpc) is 1.97. The van der Waals surface area contributed by atoms with Crippen molar-refractivity contribution in [2.75, 3.05) is 13.1 Å². The second-order valence-corrected chi connectivity index (χ2v) is 3.22. The molecule has 0 spiro atoms. The molecule has 0 radical (unpaired) electrons. The minimum absolute atomic E-state index is 0.133. The molecule has 0 heterocycles. The van der Waals surface area contributed by atoms with Crippen molar-refractivity contribution in [1.29, 1.82) is 0 Å². The Morgan fingerprint density at radius 2 is 2.00 bits per heavy atom. The molecule has 0 saturated carbocycles. The maximum atomic E-state index is 11.1. The van der Waals surface area contributed by atoms with E-state index in [0.29, 0.717) is 6.42 Å². The highest BCUT2D eigenvalue weighted by Crippen LogP contribution is 1.82. The van der Waals surface area contributed by atoms with Crippen LogP contribution >= 0.6 is 0 Å². The fourth-order valence-corrected chi connectivity index (χ4v) is 0.898. The molecule has 2 N–H and O–H groups in total. The van der Waals surface area contributed by atoms with Crippen molar-refractivity contribution in [3.63, 3.8) is 0 Å². The Morgan fingerprint density at radius 3 is 2.50 bits per heavy atom. The molecular weight excluding hydrogens is 152 g/mol. The van der Waals surface area contributed by atoms with Crippen molar-refractivity contribution in [3.05, 3.63) is 0 Å². The molecule has 72 valence electrons. The van der Waals surface area contributed by atoms with E-state index in [0.717, 1.165) is 19.5 Å². The Morgan fingerprint density at radius 1 is 1.33 bits per heavy atom. The van der Waals surface area contributed by atoms with E-state index in [9.17, 15) is 4.79 Å². The first-order valence-corrected chi connectivity index (χ1v) is 4.67. The Balaban J connectivity index is 3.20. The Hall–Kier alpha value is -0.570. The Bertz CT molecular complexity index is 124. The Kier molecular flexibility index (Phi) is 6.76. The molecule has 0 aromatic carbocycles. The van der Waals surface area contributed by atoms with Gasteiger partial charge in [-0.15, -0.1) is 0 Å². The molecule has 0 aromatic heterocycles. The summed E-state index contributed by atoms with van der Waals surface area (Å²) in [7, 11) is 0. The highest BCUT2D eigenvalue weighted by molar-refractivity contribution is 5.76. The van der Waals surface area contributed by atoms with Crippen LogP contribution in [0.25, 0.3) is 0 Å². The van der Waals surface area contributed by atoms with Gasteiger partial charge in [0.25, 0.3) is 0 Å². The maximum absolute atomic E-state index is 11.1. The molecular formula is C9H20N2O. The van der Waals surface area contributed by atoms with E-state index in [1.807, 2.05) is 13.8 Å².